The van der Waals surface area contributed by atoms with Crippen molar-refractivity contribution in [1.82, 2.24) is 10.6 Å². The zero-order valence-corrected chi connectivity index (χ0v) is 16.3. The Balaban J connectivity index is 0.00000210. The molecule has 0 spiro atoms. The highest BCUT2D eigenvalue weighted by Gasteiger charge is 2.33. The van der Waals surface area contributed by atoms with E-state index in [0.717, 1.165) is 36.3 Å². The van der Waals surface area contributed by atoms with Gasteiger partial charge in [0.25, 0.3) is 0 Å². The first kappa shape index (κ1) is 20.0. The zero-order chi connectivity index (χ0) is 17.9. The highest BCUT2D eigenvalue weighted by molar-refractivity contribution is 5.94. The Bertz CT molecular complexity index is 685. The molecule has 2 saturated heterocycles. The van der Waals surface area contributed by atoms with Crippen LogP contribution >= 0.6 is 12.4 Å². The summed E-state index contributed by atoms with van der Waals surface area (Å²) < 4.78 is 5.78. The van der Waals surface area contributed by atoms with Crippen LogP contribution in [0.1, 0.15) is 50.5 Å². The van der Waals surface area contributed by atoms with E-state index in [2.05, 4.69) is 16.0 Å². The zero-order valence-electron chi connectivity index (χ0n) is 15.5. The lowest BCUT2D eigenvalue weighted by atomic mass is 9.99. The average molecular weight is 394 g/mol. The smallest absolute Gasteiger partial charge is 0.224 e. The summed E-state index contributed by atoms with van der Waals surface area (Å²) in [6.45, 7) is 0.524. The van der Waals surface area contributed by atoms with E-state index in [1.54, 1.807) is 0 Å². The predicted octanol–water partition coefficient (Wildman–Crippen LogP) is 2.55. The molecule has 3 N–H and O–H groups in total. The summed E-state index contributed by atoms with van der Waals surface area (Å²) in [7, 11) is 0. The van der Waals surface area contributed by atoms with Gasteiger partial charge in [0.15, 0.2) is 0 Å². The lowest BCUT2D eigenvalue weighted by Gasteiger charge is -2.29. The second-order valence-corrected chi connectivity index (χ2v) is 7.69. The third kappa shape index (κ3) is 5.14. The normalized spacial score (nSPS) is 25.8. The highest BCUT2D eigenvalue weighted by atomic mass is 35.5. The van der Waals surface area contributed by atoms with Gasteiger partial charge in [-0.15, -0.1) is 12.4 Å². The third-order valence-corrected chi connectivity index (χ3v) is 5.63. The topological polar surface area (TPSA) is 79.5 Å². The van der Waals surface area contributed by atoms with Gasteiger partial charge in [0.1, 0.15) is 5.75 Å². The van der Waals surface area contributed by atoms with Crippen LogP contribution in [0.5, 0.6) is 5.75 Å². The number of fused-ring (bicyclic) bond motifs is 3. The molecule has 0 aliphatic carbocycles. The quantitative estimate of drug-likeness (QED) is 0.649. The number of ether oxygens (including phenoxy) is 1. The molecule has 148 valence electrons. The number of nitrogens with one attached hydrogen (secondary N) is 3. The van der Waals surface area contributed by atoms with Crippen molar-refractivity contribution in [3.05, 3.63) is 23.8 Å². The second-order valence-electron chi connectivity index (χ2n) is 7.69. The molecule has 27 heavy (non-hydrogen) atoms. The molecule has 3 aliphatic rings. The van der Waals surface area contributed by atoms with Crippen molar-refractivity contribution < 1.29 is 14.3 Å². The van der Waals surface area contributed by atoms with E-state index in [-0.39, 0.29) is 24.2 Å². The summed E-state index contributed by atoms with van der Waals surface area (Å²) in [6.07, 6.45) is 7.09. The van der Waals surface area contributed by atoms with Gasteiger partial charge in [0, 0.05) is 36.7 Å². The molecule has 2 fully saturated rings. The number of rotatable bonds is 6. The van der Waals surface area contributed by atoms with E-state index < -0.39 is 0 Å². The highest BCUT2D eigenvalue weighted by Crippen LogP contribution is 2.28. The fourth-order valence-corrected chi connectivity index (χ4v) is 4.35. The molecule has 2 atom stereocenters. The Hall–Kier alpha value is -1.79. The second kappa shape index (κ2) is 8.93. The summed E-state index contributed by atoms with van der Waals surface area (Å²) in [4.78, 5) is 23.5. The van der Waals surface area contributed by atoms with Crippen LogP contribution in [0.2, 0.25) is 0 Å². The van der Waals surface area contributed by atoms with Crippen molar-refractivity contribution in [2.24, 2.45) is 0 Å². The minimum absolute atomic E-state index is 0. The largest absolute Gasteiger partial charge is 0.494 e. The molecule has 2 amide bonds. The Morgan fingerprint density at radius 3 is 2.74 bits per heavy atom. The third-order valence-electron chi connectivity index (χ3n) is 5.63. The molecular weight excluding hydrogens is 366 g/mol. The summed E-state index contributed by atoms with van der Waals surface area (Å²) >= 11 is 0. The standard InChI is InChI=1S/C20H27N3O3.ClH/c24-19(22-16-11-14-4-5-15(12-16)21-14)2-1-9-26-17-6-7-18-13(10-17)3-8-20(25)23-18;/h6-7,10,14-16,21H,1-5,8-9,11-12H2,(H,22,24)(H,23,25);1H. The van der Waals surface area contributed by atoms with Gasteiger partial charge >= 0.3 is 0 Å². The number of halogens is 1. The van der Waals surface area contributed by atoms with E-state index in [9.17, 15) is 9.59 Å². The summed E-state index contributed by atoms with van der Waals surface area (Å²) in [6, 6.07) is 7.26. The van der Waals surface area contributed by atoms with E-state index in [4.69, 9.17) is 4.74 Å². The number of hydrogen-bond donors (Lipinski definition) is 3. The average Bonchev–Trinajstić information content (AvgIpc) is 2.97. The monoisotopic (exact) mass is 393 g/mol. The number of benzene rings is 1. The molecule has 1 aromatic rings. The minimum atomic E-state index is 0. The SMILES string of the molecule is Cl.O=C1CCc2cc(OCCCC(=O)NC3CC4CCC(C3)N4)ccc2N1. The number of anilines is 1. The van der Waals surface area contributed by atoms with E-state index in [0.29, 0.717) is 44.0 Å². The van der Waals surface area contributed by atoms with Crippen LogP contribution in [-0.4, -0.2) is 36.5 Å². The Morgan fingerprint density at radius 2 is 1.96 bits per heavy atom. The predicted molar refractivity (Wildman–Crippen MR) is 106 cm³/mol. The van der Waals surface area contributed by atoms with E-state index in [1.165, 1.54) is 12.8 Å². The molecular formula is C20H28ClN3O3. The van der Waals surface area contributed by atoms with Crippen molar-refractivity contribution >= 4 is 29.9 Å². The maximum absolute atomic E-state index is 12.2. The summed E-state index contributed by atoms with van der Waals surface area (Å²) in [5.74, 6) is 1.00. The van der Waals surface area contributed by atoms with Crippen LogP contribution in [0.3, 0.4) is 0 Å². The molecule has 0 saturated carbocycles. The van der Waals surface area contributed by atoms with Gasteiger partial charge in [-0.1, -0.05) is 0 Å². The first-order chi connectivity index (χ1) is 12.7. The van der Waals surface area contributed by atoms with Crippen LogP contribution < -0.4 is 20.7 Å². The summed E-state index contributed by atoms with van der Waals surface area (Å²) in [5, 5.41) is 9.65. The number of hydrogen-bond acceptors (Lipinski definition) is 4. The molecule has 0 aromatic heterocycles. The number of amides is 2. The van der Waals surface area contributed by atoms with Crippen molar-refractivity contribution in [3.63, 3.8) is 0 Å². The van der Waals surface area contributed by atoms with Gasteiger partial charge in [-0.3, -0.25) is 9.59 Å². The number of carbonyl (C=O) groups is 2. The fraction of sp³-hybridized carbons (Fsp3) is 0.600. The summed E-state index contributed by atoms with van der Waals surface area (Å²) in [5.41, 5.74) is 1.99. The molecule has 3 heterocycles. The van der Waals surface area contributed by atoms with Crippen molar-refractivity contribution in [1.29, 1.82) is 0 Å². The van der Waals surface area contributed by atoms with Crippen molar-refractivity contribution in [2.45, 2.75) is 69.5 Å². The number of piperidine rings is 1. The Morgan fingerprint density at radius 1 is 1.19 bits per heavy atom. The maximum Gasteiger partial charge on any atom is 0.224 e. The Kier molecular flexibility index (Phi) is 6.60. The van der Waals surface area contributed by atoms with Gasteiger partial charge in [0.05, 0.1) is 6.61 Å². The molecule has 3 aliphatic heterocycles. The maximum atomic E-state index is 12.2. The van der Waals surface area contributed by atoms with Crippen LogP contribution in [0.25, 0.3) is 0 Å². The van der Waals surface area contributed by atoms with Gasteiger partial charge < -0.3 is 20.7 Å². The van der Waals surface area contributed by atoms with Gasteiger partial charge in [-0.05, 0) is 62.3 Å². The van der Waals surface area contributed by atoms with Crippen LogP contribution in [0.15, 0.2) is 18.2 Å². The molecule has 4 rings (SSSR count). The minimum Gasteiger partial charge on any atom is -0.494 e. The molecule has 2 bridgehead atoms. The molecule has 7 heteroatoms. The van der Waals surface area contributed by atoms with E-state index >= 15 is 0 Å². The van der Waals surface area contributed by atoms with Gasteiger partial charge in [-0.25, -0.2) is 0 Å². The molecule has 1 aromatic carbocycles. The van der Waals surface area contributed by atoms with Crippen LogP contribution in [0, 0.1) is 0 Å². The van der Waals surface area contributed by atoms with Crippen LogP contribution in [-0.2, 0) is 16.0 Å². The fourth-order valence-electron chi connectivity index (χ4n) is 4.35. The Labute approximate surface area is 166 Å². The molecule has 0 radical (unpaired) electrons. The molecule has 2 unspecified atom stereocenters. The molecule has 6 nitrogen and oxygen atoms in total. The lowest BCUT2D eigenvalue weighted by Crippen LogP contribution is -2.48. The van der Waals surface area contributed by atoms with Gasteiger partial charge in [0.2, 0.25) is 11.8 Å². The lowest BCUT2D eigenvalue weighted by molar-refractivity contribution is -0.122. The number of carbonyl (C=O) groups excluding carboxylic acids is 2. The van der Waals surface area contributed by atoms with Gasteiger partial charge in [-0.2, -0.15) is 0 Å². The first-order valence-electron chi connectivity index (χ1n) is 9.77. The van der Waals surface area contributed by atoms with E-state index in [1.807, 2.05) is 18.2 Å². The first-order valence-corrected chi connectivity index (χ1v) is 9.77. The van der Waals surface area contributed by atoms with Crippen molar-refractivity contribution in [2.75, 3.05) is 11.9 Å². The number of aryl methyl sites for hydroxylation is 1. The van der Waals surface area contributed by atoms with Crippen LogP contribution in [0.4, 0.5) is 5.69 Å². The van der Waals surface area contributed by atoms with Crippen molar-refractivity contribution in [3.8, 4) is 5.75 Å².